The van der Waals surface area contributed by atoms with Crippen LogP contribution in [0.2, 0.25) is 0 Å². The highest BCUT2D eigenvalue weighted by molar-refractivity contribution is 5.86. The molecule has 0 atom stereocenters. The SMILES string of the molecule is C=C(C)C(=O)OCCCc1cc(CCO)ccc1-c1ccc(C)cc1. The lowest BCUT2D eigenvalue weighted by molar-refractivity contribution is -0.139. The first-order valence-electron chi connectivity index (χ1n) is 8.63. The number of carbonyl (C=O) groups excluding carboxylic acids is 1. The molecule has 2 rings (SSSR count). The van der Waals surface area contributed by atoms with E-state index < -0.39 is 0 Å². The summed E-state index contributed by atoms with van der Waals surface area (Å²) in [4.78, 5) is 11.5. The third-order valence-electron chi connectivity index (χ3n) is 4.10. The third-order valence-corrected chi connectivity index (χ3v) is 4.10. The molecule has 2 aromatic rings. The van der Waals surface area contributed by atoms with Gasteiger partial charge >= 0.3 is 5.97 Å². The van der Waals surface area contributed by atoms with Crippen molar-refractivity contribution >= 4 is 5.97 Å². The van der Waals surface area contributed by atoms with Crippen LogP contribution in [-0.2, 0) is 22.4 Å². The van der Waals surface area contributed by atoms with Gasteiger partial charge in [-0.2, -0.15) is 0 Å². The van der Waals surface area contributed by atoms with Crippen LogP contribution in [0.4, 0.5) is 0 Å². The Kier molecular flexibility index (Phi) is 6.96. The number of rotatable bonds is 8. The molecule has 1 N–H and O–H groups in total. The van der Waals surface area contributed by atoms with Crippen LogP contribution in [0, 0.1) is 6.92 Å². The quantitative estimate of drug-likeness (QED) is 0.445. The molecule has 25 heavy (non-hydrogen) atoms. The van der Waals surface area contributed by atoms with E-state index in [-0.39, 0.29) is 12.6 Å². The molecular formula is C22H26O3. The molecule has 0 aliphatic heterocycles. The van der Waals surface area contributed by atoms with Crippen molar-refractivity contribution in [1.82, 2.24) is 0 Å². The van der Waals surface area contributed by atoms with Gasteiger partial charge in [0.05, 0.1) is 6.61 Å². The van der Waals surface area contributed by atoms with E-state index in [2.05, 4.69) is 56.0 Å². The first kappa shape index (κ1) is 18.9. The van der Waals surface area contributed by atoms with Gasteiger partial charge in [0.25, 0.3) is 0 Å². The summed E-state index contributed by atoms with van der Waals surface area (Å²) >= 11 is 0. The van der Waals surface area contributed by atoms with Gasteiger partial charge in [0.1, 0.15) is 0 Å². The summed E-state index contributed by atoms with van der Waals surface area (Å²) in [5.41, 5.74) is 6.34. The smallest absolute Gasteiger partial charge is 0.333 e. The van der Waals surface area contributed by atoms with Crippen molar-refractivity contribution in [1.29, 1.82) is 0 Å². The number of aliphatic hydroxyl groups excluding tert-OH is 1. The van der Waals surface area contributed by atoms with Crippen molar-refractivity contribution in [2.24, 2.45) is 0 Å². The maximum absolute atomic E-state index is 11.5. The minimum absolute atomic E-state index is 0.138. The van der Waals surface area contributed by atoms with E-state index in [0.717, 1.165) is 18.4 Å². The fraction of sp³-hybridized carbons (Fsp3) is 0.318. The molecule has 0 fully saturated rings. The lowest BCUT2D eigenvalue weighted by Gasteiger charge is -2.13. The van der Waals surface area contributed by atoms with E-state index in [1.807, 2.05) is 0 Å². The number of esters is 1. The highest BCUT2D eigenvalue weighted by Crippen LogP contribution is 2.26. The van der Waals surface area contributed by atoms with Crippen LogP contribution >= 0.6 is 0 Å². The topological polar surface area (TPSA) is 46.5 Å². The molecule has 2 aromatic carbocycles. The summed E-state index contributed by atoms with van der Waals surface area (Å²) in [6.45, 7) is 7.83. The Hall–Kier alpha value is -2.39. The molecule has 0 aliphatic rings. The summed E-state index contributed by atoms with van der Waals surface area (Å²) in [7, 11) is 0. The van der Waals surface area contributed by atoms with Crippen molar-refractivity contribution in [2.75, 3.05) is 13.2 Å². The molecule has 3 nitrogen and oxygen atoms in total. The largest absolute Gasteiger partial charge is 0.462 e. The number of carbonyl (C=O) groups is 1. The van der Waals surface area contributed by atoms with E-state index in [4.69, 9.17) is 4.74 Å². The maximum Gasteiger partial charge on any atom is 0.333 e. The van der Waals surface area contributed by atoms with Gasteiger partial charge in [-0.3, -0.25) is 0 Å². The Morgan fingerprint density at radius 3 is 2.48 bits per heavy atom. The second-order valence-corrected chi connectivity index (χ2v) is 6.35. The molecule has 0 radical (unpaired) electrons. The van der Waals surface area contributed by atoms with Crippen LogP contribution < -0.4 is 0 Å². The molecular weight excluding hydrogens is 312 g/mol. The Labute approximate surface area is 150 Å². The molecule has 0 heterocycles. The standard InChI is InChI=1S/C22H26O3/c1-16(2)22(24)25-14-4-5-20-15-18(12-13-23)8-11-21(20)19-9-6-17(3)7-10-19/h6-11,15,23H,1,4-5,12-14H2,2-3H3. The highest BCUT2D eigenvalue weighted by Gasteiger charge is 2.08. The van der Waals surface area contributed by atoms with Crippen molar-refractivity contribution < 1.29 is 14.6 Å². The van der Waals surface area contributed by atoms with Crippen LogP contribution in [0.3, 0.4) is 0 Å². The number of hydrogen-bond donors (Lipinski definition) is 1. The number of aliphatic hydroxyl groups is 1. The minimum atomic E-state index is -0.340. The van der Waals surface area contributed by atoms with Gasteiger partial charge in [0.15, 0.2) is 0 Å². The van der Waals surface area contributed by atoms with Gasteiger partial charge in [0, 0.05) is 12.2 Å². The fourth-order valence-corrected chi connectivity index (χ4v) is 2.70. The zero-order valence-corrected chi connectivity index (χ0v) is 15.0. The molecule has 0 aliphatic carbocycles. The second-order valence-electron chi connectivity index (χ2n) is 6.35. The van der Waals surface area contributed by atoms with Crippen molar-refractivity contribution in [3.05, 3.63) is 71.3 Å². The molecule has 0 spiro atoms. The monoisotopic (exact) mass is 338 g/mol. The zero-order valence-electron chi connectivity index (χ0n) is 15.0. The molecule has 0 bridgehead atoms. The first-order chi connectivity index (χ1) is 12.0. The van der Waals surface area contributed by atoms with E-state index in [1.165, 1.54) is 22.3 Å². The van der Waals surface area contributed by atoms with Gasteiger partial charge in [-0.1, -0.05) is 54.6 Å². The van der Waals surface area contributed by atoms with Crippen LogP contribution in [0.5, 0.6) is 0 Å². The first-order valence-corrected chi connectivity index (χ1v) is 8.63. The van der Waals surface area contributed by atoms with Gasteiger partial charge in [-0.25, -0.2) is 4.79 Å². The van der Waals surface area contributed by atoms with Crippen molar-refractivity contribution in [2.45, 2.75) is 33.1 Å². The Morgan fingerprint density at radius 2 is 1.84 bits per heavy atom. The van der Waals surface area contributed by atoms with E-state index in [0.29, 0.717) is 18.6 Å². The lowest BCUT2D eigenvalue weighted by atomic mass is 9.93. The van der Waals surface area contributed by atoms with E-state index in [9.17, 15) is 9.90 Å². The Morgan fingerprint density at radius 1 is 1.12 bits per heavy atom. The number of aryl methyl sites for hydroxylation is 2. The summed E-state index contributed by atoms with van der Waals surface area (Å²) in [5.74, 6) is -0.340. The number of benzene rings is 2. The predicted octanol–water partition coefficient (Wildman–Crippen LogP) is 4.25. The van der Waals surface area contributed by atoms with Crippen molar-refractivity contribution in [3.63, 3.8) is 0 Å². The fourth-order valence-electron chi connectivity index (χ4n) is 2.70. The molecule has 0 amide bonds. The number of ether oxygens (including phenoxy) is 1. The third kappa shape index (κ3) is 5.57. The van der Waals surface area contributed by atoms with Crippen LogP contribution in [0.25, 0.3) is 11.1 Å². The number of hydrogen-bond acceptors (Lipinski definition) is 3. The zero-order chi connectivity index (χ0) is 18.2. The van der Waals surface area contributed by atoms with Gasteiger partial charge in [-0.05, 0) is 55.4 Å². The molecule has 0 aromatic heterocycles. The average molecular weight is 338 g/mol. The maximum atomic E-state index is 11.5. The molecule has 3 heteroatoms. The molecule has 0 saturated carbocycles. The van der Waals surface area contributed by atoms with Crippen molar-refractivity contribution in [3.8, 4) is 11.1 Å². The Balaban J connectivity index is 2.14. The summed E-state index contributed by atoms with van der Waals surface area (Å²) in [6.07, 6.45) is 2.21. The summed E-state index contributed by atoms with van der Waals surface area (Å²) in [6, 6.07) is 14.8. The Bertz CT molecular complexity index is 729. The lowest BCUT2D eigenvalue weighted by Crippen LogP contribution is -2.07. The summed E-state index contributed by atoms with van der Waals surface area (Å²) < 4.78 is 5.19. The van der Waals surface area contributed by atoms with E-state index in [1.54, 1.807) is 6.92 Å². The summed E-state index contributed by atoms with van der Waals surface area (Å²) in [5, 5.41) is 9.19. The molecule has 132 valence electrons. The molecule has 0 saturated heterocycles. The minimum Gasteiger partial charge on any atom is -0.462 e. The average Bonchev–Trinajstić information content (AvgIpc) is 2.60. The normalized spacial score (nSPS) is 10.5. The van der Waals surface area contributed by atoms with Crippen LogP contribution in [0.15, 0.2) is 54.6 Å². The van der Waals surface area contributed by atoms with Crippen LogP contribution in [0.1, 0.15) is 30.0 Å². The highest BCUT2D eigenvalue weighted by atomic mass is 16.5. The van der Waals surface area contributed by atoms with Gasteiger partial charge < -0.3 is 9.84 Å². The van der Waals surface area contributed by atoms with E-state index >= 15 is 0 Å². The van der Waals surface area contributed by atoms with Gasteiger partial charge in [-0.15, -0.1) is 0 Å². The second kappa shape index (κ2) is 9.19. The molecule has 0 unspecified atom stereocenters. The predicted molar refractivity (Wildman–Crippen MR) is 101 cm³/mol. The van der Waals surface area contributed by atoms with Gasteiger partial charge in [0.2, 0.25) is 0 Å². The van der Waals surface area contributed by atoms with Crippen LogP contribution in [-0.4, -0.2) is 24.3 Å².